The monoisotopic (exact) mass is 316 g/mol. The van der Waals surface area contributed by atoms with Crippen LogP contribution >= 0.6 is 0 Å². The van der Waals surface area contributed by atoms with E-state index in [9.17, 15) is 23.3 Å². The standard InChI is InChI=1S/C12H16N2O6S/c1-8(2)11(12(15)20-3)13-21(18,19)10-6-4-9(5-7-10)14(16)17/h4-8,11,13H,1-3H3/t11-/m0/s1. The van der Waals surface area contributed by atoms with Crippen molar-refractivity contribution in [2.45, 2.75) is 24.8 Å². The summed E-state index contributed by atoms with van der Waals surface area (Å²) in [5.41, 5.74) is -0.220. The number of nitrogens with one attached hydrogen (secondary N) is 1. The van der Waals surface area contributed by atoms with Crippen molar-refractivity contribution in [1.29, 1.82) is 0 Å². The molecule has 1 rings (SSSR count). The first-order valence-electron chi connectivity index (χ1n) is 6.03. The van der Waals surface area contributed by atoms with E-state index in [4.69, 9.17) is 0 Å². The van der Waals surface area contributed by atoms with Gasteiger partial charge in [-0.3, -0.25) is 14.9 Å². The molecular weight excluding hydrogens is 300 g/mol. The summed E-state index contributed by atoms with van der Waals surface area (Å²) < 4.78 is 31.1. The third kappa shape index (κ3) is 4.23. The molecular formula is C12H16N2O6S. The third-order valence-corrected chi connectivity index (χ3v) is 4.22. The van der Waals surface area contributed by atoms with Gasteiger partial charge in [-0.15, -0.1) is 0 Å². The summed E-state index contributed by atoms with van der Waals surface area (Å²) >= 11 is 0. The Morgan fingerprint density at radius 3 is 2.19 bits per heavy atom. The number of carbonyl (C=O) groups excluding carboxylic acids is 1. The Labute approximate surface area is 122 Å². The molecule has 0 spiro atoms. The molecule has 0 fully saturated rings. The van der Waals surface area contributed by atoms with E-state index in [1.165, 1.54) is 0 Å². The van der Waals surface area contributed by atoms with Gasteiger partial charge in [-0.2, -0.15) is 4.72 Å². The fourth-order valence-electron chi connectivity index (χ4n) is 1.57. The van der Waals surface area contributed by atoms with Crippen LogP contribution in [0, 0.1) is 16.0 Å². The highest BCUT2D eigenvalue weighted by atomic mass is 32.2. The van der Waals surface area contributed by atoms with E-state index >= 15 is 0 Å². The molecule has 1 aromatic carbocycles. The molecule has 1 atom stereocenters. The number of ether oxygens (including phenoxy) is 1. The van der Waals surface area contributed by atoms with Crippen LogP contribution < -0.4 is 4.72 Å². The third-order valence-electron chi connectivity index (χ3n) is 2.76. The minimum atomic E-state index is -3.98. The second-order valence-corrected chi connectivity index (χ2v) is 6.33. The van der Waals surface area contributed by atoms with Gasteiger partial charge >= 0.3 is 5.97 Å². The number of carbonyl (C=O) groups is 1. The second kappa shape index (κ2) is 6.64. The minimum absolute atomic E-state index is 0.164. The smallest absolute Gasteiger partial charge is 0.324 e. The first-order chi connectivity index (χ1) is 9.69. The Hall–Kier alpha value is -2.00. The predicted molar refractivity (Wildman–Crippen MR) is 74.1 cm³/mol. The molecule has 21 heavy (non-hydrogen) atoms. The molecule has 0 radical (unpaired) electrons. The topological polar surface area (TPSA) is 116 Å². The Balaban J connectivity index is 3.04. The number of rotatable bonds is 6. The lowest BCUT2D eigenvalue weighted by molar-refractivity contribution is -0.384. The zero-order valence-electron chi connectivity index (χ0n) is 11.8. The molecule has 0 aliphatic carbocycles. The fourth-order valence-corrected chi connectivity index (χ4v) is 2.90. The largest absolute Gasteiger partial charge is 0.468 e. The number of hydrogen-bond acceptors (Lipinski definition) is 6. The SMILES string of the molecule is COC(=O)[C@@H](NS(=O)(=O)c1ccc([N+](=O)[O-])cc1)C(C)C. The summed E-state index contributed by atoms with van der Waals surface area (Å²) in [5.74, 6) is -1.01. The minimum Gasteiger partial charge on any atom is -0.468 e. The molecule has 116 valence electrons. The maximum Gasteiger partial charge on any atom is 0.324 e. The number of nitrogens with zero attached hydrogens (tertiary/aromatic N) is 1. The predicted octanol–water partition coefficient (Wildman–Crippen LogP) is 1.07. The molecule has 9 heteroatoms. The summed E-state index contributed by atoms with van der Waals surface area (Å²) in [6.07, 6.45) is 0. The molecule has 0 saturated carbocycles. The highest BCUT2D eigenvalue weighted by molar-refractivity contribution is 7.89. The number of hydrogen-bond donors (Lipinski definition) is 1. The van der Waals surface area contributed by atoms with Gasteiger partial charge < -0.3 is 4.74 Å². The summed E-state index contributed by atoms with van der Waals surface area (Å²) in [6, 6.07) is 3.34. The molecule has 0 aromatic heterocycles. The van der Waals surface area contributed by atoms with Crippen molar-refractivity contribution in [3.05, 3.63) is 34.4 Å². The molecule has 0 amide bonds. The number of sulfonamides is 1. The highest BCUT2D eigenvalue weighted by Crippen LogP contribution is 2.17. The number of benzene rings is 1. The normalized spacial score (nSPS) is 13.0. The summed E-state index contributed by atoms with van der Waals surface area (Å²) in [4.78, 5) is 21.3. The first kappa shape index (κ1) is 17.1. The van der Waals surface area contributed by atoms with Gasteiger partial charge in [0, 0.05) is 12.1 Å². The van der Waals surface area contributed by atoms with Crippen LogP contribution in [0.1, 0.15) is 13.8 Å². The van der Waals surface area contributed by atoms with Gasteiger partial charge in [0.25, 0.3) is 5.69 Å². The maximum atomic E-state index is 12.2. The van der Waals surface area contributed by atoms with Crippen molar-refractivity contribution in [3.8, 4) is 0 Å². The van der Waals surface area contributed by atoms with Crippen LogP contribution in [0.4, 0.5) is 5.69 Å². The van der Waals surface area contributed by atoms with E-state index < -0.39 is 27.0 Å². The zero-order chi connectivity index (χ0) is 16.2. The van der Waals surface area contributed by atoms with Crippen LogP contribution in [-0.4, -0.2) is 32.5 Å². The van der Waals surface area contributed by atoms with Gasteiger partial charge in [0.05, 0.1) is 16.9 Å². The van der Waals surface area contributed by atoms with Crippen molar-refractivity contribution in [3.63, 3.8) is 0 Å². The fraction of sp³-hybridized carbons (Fsp3) is 0.417. The van der Waals surface area contributed by atoms with E-state index in [2.05, 4.69) is 9.46 Å². The lowest BCUT2D eigenvalue weighted by Crippen LogP contribution is -2.44. The van der Waals surface area contributed by atoms with Gasteiger partial charge in [-0.05, 0) is 18.1 Å². The van der Waals surface area contributed by atoms with Crippen molar-refractivity contribution in [1.82, 2.24) is 4.72 Å². The quantitative estimate of drug-likeness (QED) is 0.477. The van der Waals surface area contributed by atoms with Crippen LogP contribution in [0.3, 0.4) is 0 Å². The Kier molecular flexibility index (Phi) is 5.39. The molecule has 1 N–H and O–H groups in total. The van der Waals surface area contributed by atoms with E-state index in [1.54, 1.807) is 13.8 Å². The van der Waals surface area contributed by atoms with E-state index in [0.29, 0.717) is 0 Å². The van der Waals surface area contributed by atoms with Crippen LogP contribution in [0.25, 0.3) is 0 Å². The van der Waals surface area contributed by atoms with Gasteiger partial charge in [0.2, 0.25) is 10.0 Å². The average Bonchev–Trinajstić information content (AvgIpc) is 2.43. The summed E-state index contributed by atoms with van der Waals surface area (Å²) in [5, 5.41) is 10.5. The van der Waals surface area contributed by atoms with E-state index in [0.717, 1.165) is 31.4 Å². The van der Waals surface area contributed by atoms with E-state index in [-0.39, 0.29) is 16.5 Å². The van der Waals surface area contributed by atoms with Crippen LogP contribution in [0.5, 0.6) is 0 Å². The van der Waals surface area contributed by atoms with Crippen molar-refractivity contribution in [2.75, 3.05) is 7.11 Å². The molecule has 0 heterocycles. The molecule has 1 aromatic rings. The van der Waals surface area contributed by atoms with Crippen LogP contribution in [0.2, 0.25) is 0 Å². The van der Waals surface area contributed by atoms with Crippen molar-refractivity contribution in [2.24, 2.45) is 5.92 Å². The number of esters is 1. The molecule has 0 aliphatic heterocycles. The molecule has 0 saturated heterocycles. The zero-order valence-corrected chi connectivity index (χ0v) is 12.6. The maximum absolute atomic E-state index is 12.2. The average molecular weight is 316 g/mol. The lowest BCUT2D eigenvalue weighted by atomic mass is 10.1. The summed E-state index contributed by atoms with van der Waals surface area (Å²) in [7, 11) is -2.81. The number of nitro benzene ring substituents is 1. The van der Waals surface area contributed by atoms with Crippen molar-refractivity contribution >= 4 is 21.7 Å². The van der Waals surface area contributed by atoms with Crippen LogP contribution in [-0.2, 0) is 19.6 Å². The second-order valence-electron chi connectivity index (χ2n) is 4.62. The molecule has 8 nitrogen and oxygen atoms in total. The van der Waals surface area contributed by atoms with Gasteiger partial charge in [-0.1, -0.05) is 13.8 Å². The Morgan fingerprint density at radius 1 is 1.29 bits per heavy atom. The molecule has 0 aliphatic rings. The Morgan fingerprint density at radius 2 is 1.81 bits per heavy atom. The van der Waals surface area contributed by atoms with Gasteiger partial charge in [-0.25, -0.2) is 8.42 Å². The number of nitro groups is 1. The molecule has 0 unspecified atom stereocenters. The molecule has 0 bridgehead atoms. The van der Waals surface area contributed by atoms with E-state index in [1.807, 2.05) is 0 Å². The summed E-state index contributed by atoms with van der Waals surface area (Å²) in [6.45, 7) is 3.33. The number of non-ortho nitro benzene ring substituents is 1. The number of methoxy groups -OCH3 is 1. The lowest BCUT2D eigenvalue weighted by Gasteiger charge is -2.19. The first-order valence-corrected chi connectivity index (χ1v) is 7.52. The highest BCUT2D eigenvalue weighted by Gasteiger charge is 2.29. The van der Waals surface area contributed by atoms with Gasteiger partial charge in [0.1, 0.15) is 6.04 Å². The Bertz CT molecular complexity index is 624. The van der Waals surface area contributed by atoms with Gasteiger partial charge in [0.15, 0.2) is 0 Å². The van der Waals surface area contributed by atoms with Crippen LogP contribution in [0.15, 0.2) is 29.2 Å². The van der Waals surface area contributed by atoms with Crippen molar-refractivity contribution < 1.29 is 22.9 Å².